The minimum absolute atomic E-state index is 0.0768. The smallest absolute Gasteiger partial charge is 0.391 e. The van der Waals surface area contributed by atoms with Gasteiger partial charge in [-0.1, -0.05) is 6.92 Å². The van der Waals surface area contributed by atoms with Crippen molar-refractivity contribution in [1.29, 1.82) is 0 Å². The third-order valence-electron chi connectivity index (χ3n) is 3.23. The van der Waals surface area contributed by atoms with E-state index in [-0.39, 0.29) is 24.5 Å². The summed E-state index contributed by atoms with van der Waals surface area (Å²) in [7, 11) is -5.32. The molecule has 0 aliphatic carbocycles. The molecule has 1 saturated heterocycles. The molecule has 0 amide bonds. The minimum atomic E-state index is -4.66. The van der Waals surface area contributed by atoms with Crippen LogP contribution in [0.15, 0.2) is 0 Å². The van der Waals surface area contributed by atoms with Gasteiger partial charge >= 0.3 is 10.4 Å². The number of aliphatic hydroxyl groups excluding tert-OH is 4. The van der Waals surface area contributed by atoms with E-state index in [2.05, 4.69) is 4.18 Å². The predicted octanol–water partition coefficient (Wildman–Crippen LogP) is -2.34. The lowest BCUT2D eigenvalue weighted by Gasteiger charge is -2.20. The topological polar surface area (TPSA) is 145 Å². The van der Waals surface area contributed by atoms with E-state index in [4.69, 9.17) is 4.55 Å². The lowest BCUT2D eigenvalue weighted by atomic mass is 10.2. The van der Waals surface area contributed by atoms with E-state index < -0.39 is 51.0 Å². The van der Waals surface area contributed by atoms with Crippen LogP contribution >= 0.6 is 0 Å². The van der Waals surface area contributed by atoms with E-state index in [1.807, 2.05) is 0 Å². The molecule has 0 saturated carbocycles. The minimum Gasteiger partial charge on any atom is -0.391 e. The molecule has 1 rings (SSSR count). The molecule has 20 heavy (non-hydrogen) atoms. The highest BCUT2D eigenvalue weighted by Crippen LogP contribution is 2.25. The molecular formula is C10H21O8S2+. The van der Waals surface area contributed by atoms with E-state index in [0.717, 1.165) is 0 Å². The van der Waals surface area contributed by atoms with Crippen LogP contribution in [0.3, 0.4) is 0 Å². The van der Waals surface area contributed by atoms with E-state index >= 15 is 0 Å². The first kappa shape index (κ1) is 18.1. The van der Waals surface area contributed by atoms with Gasteiger partial charge in [0.25, 0.3) is 0 Å². The Morgan fingerprint density at radius 1 is 1.40 bits per heavy atom. The van der Waals surface area contributed by atoms with Crippen molar-refractivity contribution in [2.45, 2.75) is 43.0 Å². The second kappa shape index (κ2) is 7.36. The zero-order valence-corrected chi connectivity index (χ0v) is 12.6. The van der Waals surface area contributed by atoms with Gasteiger partial charge in [0.2, 0.25) is 0 Å². The third kappa shape index (κ3) is 4.81. The molecule has 1 aliphatic heterocycles. The maximum absolute atomic E-state index is 10.7. The Balaban J connectivity index is 2.66. The number of aliphatic hydroxyl groups is 4. The first-order valence-corrected chi connectivity index (χ1v) is 9.15. The van der Waals surface area contributed by atoms with E-state index in [1.165, 1.54) is 0 Å². The Morgan fingerprint density at radius 3 is 2.45 bits per heavy atom. The van der Waals surface area contributed by atoms with E-state index in [9.17, 15) is 28.8 Å². The van der Waals surface area contributed by atoms with Crippen molar-refractivity contribution >= 4 is 21.3 Å². The molecule has 8 nitrogen and oxygen atoms in total. The summed E-state index contributed by atoms with van der Waals surface area (Å²) in [5, 5.41) is 37.9. The molecule has 1 unspecified atom stereocenters. The second-order valence-corrected chi connectivity index (χ2v) is 8.08. The van der Waals surface area contributed by atoms with Crippen molar-refractivity contribution in [2.75, 3.05) is 18.1 Å². The van der Waals surface area contributed by atoms with Crippen molar-refractivity contribution in [3.63, 3.8) is 0 Å². The van der Waals surface area contributed by atoms with Crippen molar-refractivity contribution in [3.8, 4) is 0 Å². The predicted molar refractivity (Wildman–Crippen MR) is 72.7 cm³/mol. The van der Waals surface area contributed by atoms with Gasteiger partial charge in [-0.05, 0) is 6.42 Å². The second-order valence-electron chi connectivity index (χ2n) is 4.69. The molecule has 0 aromatic rings. The van der Waals surface area contributed by atoms with Crippen molar-refractivity contribution in [2.24, 2.45) is 0 Å². The van der Waals surface area contributed by atoms with Crippen LogP contribution in [0.2, 0.25) is 0 Å². The van der Waals surface area contributed by atoms with E-state index in [0.29, 0.717) is 0 Å². The van der Waals surface area contributed by atoms with E-state index in [1.54, 1.807) is 6.92 Å². The normalized spacial score (nSPS) is 34.1. The summed E-state index contributed by atoms with van der Waals surface area (Å²) < 4.78 is 34.4. The SMILES string of the molecule is CC[C@H](OS(=O)(=O)O)[C@H](O)C[S+]1C[C@@H](O)[C@H](O)[C@H]1CO. The van der Waals surface area contributed by atoms with Crippen LogP contribution in [-0.2, 0) is 25.5 Å². The molecular weight excluding hydrogens is 312 g/mol. The fourth-order valence-corrected chi connectivity index (χ4v) is 5.46. The van der Waals surface area contributed by atoms with Gasteiger partial charge in [-0.25, -0.2) is 4.18 Å². The zero-order valence-electron chi connectivity index (χ0n) is 11.0. The Labute approximate surface area is 120 Å². The number of hydrogen-bond donors (Lipinski definition) is 5. The molecule has 1 aliphatic rings. The highest BCUT2D eigenvalue weighted by molar-refractivity contribution is 7.97. The molecule has 5 N–H and O–H groups in total. The van der Waals surface area contributed by atoms with Gasteiger partial charge in [0.15, 0.2) is 5.25 Å². The van der Waals surface area contributed by atoms with Gasteiger partial charge in [-0.15, -0.1) is 0 Å². The van der Waals surface area contributed by atoms with Gasteiger partial charge < -0.3 is 20.4 Å². The molecule has 1 heterocycles. The van der Waals surface area contributed by atoms with Gasteiger partial charge in [0, 0.05) is 10.9 Å². The van der Waals surface area contributed by atoms with Gasteiger partial charge in [0.1, 0.15) is 35.9 Å². The molecule has 10 heteroatoms. The lowest BCUT2D eigenvalue weighted by Crippen LogP contribution is -2.41. The molecule has 0 bridgehead atoms. The summed E-state index contributed by atoms with van der Waals surface area (Å²) in [6, 6.07) is 0. The van der Waals surface area contributed by atoms with Crippen LogP contribution in [0.4, 0.5) is 0 Å². The average Bonchev–Trinajstić information content (AvgIpc) is 2.60. The molecule has 0 aromatic heterocycles. The van der Waals surface area contributed by atoms with Gasteiger partial charge in [0.05, 0.1) is 6.61 Å². The summed E-state index contributed by atoms with van der Waals surface area (Å²) >= 11 is 0. The summed E-state index contributed by atoms with van der Waals surface area (Å²) in [5.41, 5.74) is 0. The standard InChI is InChI=1S/C10H20O8S2/c1-2-8(18-20(15,16)17)6(12)4-19-5-7(13)10(14)9(19)3-11/h6-14H,2-5H2,1H3/p+1/t6-,7-,8+,9-,10+,19?/m1/s1. The van der Waals surface area contributed by atoms with Crippen molar-refractivity contribution in [1.82, 2.24) is 0 Å². The number of hydrogen-bond acceptors (Lipinski definition) is 7. The van der Waals surface area contributed by atoms with Crippen LogP contribution < -0.4 is 0 Å². The quantitative estimate of drug-likeness (QED) is 0.257. The largest absolute Gasteiger partial charge is 0.397 e. The summed E-state index contributed by atoms with van der Waals surface area (Å²) in [6.07, 6.45) is -4.15. The summed E-state index contributed by atoms with van der Waals surface area (Å²) in [4.78, 5) is 0. The maximum Gasteiger partial charge on any atom is 0.397 e. The lowest BCUT2D eigenvalue weighted by molar-refractivity contribution is 0.0323. The zero-order chi connectivity index (χ0) is 15.5. The number of rotatable bonds is 7. The summed E-state index contributed by atoms with van der Waals surface area (Å²) in [6.45, 7) is 1.26. The molecule has 6 atom stereocenters. The Morgan fingerprint density at radius 2 is 2.00 bits per heavy atom. The Bertz CT molecular complexity index is 400. The molecule has 0 aromatic carbocycles. The molecule has 0 radical (unpaired) electrons. The van der Waals surface area contributed by atoms with Crippen LogP contribution in [-0.4, -0.2) is 81.2 Å². The Kier molecular flexibility index (Phi) is 6.67. The highest BCUT2D eigenvalue weighted by Gasteiger charge is 2.50. The highest BCUT2D eigenvalue weighted by atomic mass is 32.3. The van der Waals surface area contributed by atoms with Crippen LogP contribution in [0.1, 0.15) is 13.3 Å². The van der Waals surface area contributed by atoms with Gasteiger partial charge in [-0.3, -0.25) is 4.55 Å². The molecule has 0 spiro atoms. The Hall–Kier alpha value is 0.0600. The monoisotopic (exact) mass is 333 g/mol. The van der Waals surface area contributed by atoms with Crippen molar-refractivity contribution in [3.05, 3.63) is 0 Å². The van der Waals surface area contributed by atoms with Gasteiger partial charge in [-0.2, -0.15) is 8.42 Å². The fourth-order valence-electron chi connectivity index (χ4n) is 2.18. The average molecular weight is 333 g/mol. The first-order chi connectivity index (χ1) is 9.19. The molecule has 120 valence electrons. The molecule has 1 fully saturated rings. The first-order valence-electron chi connectivity index (χ1n) is 6.16. The van der Waals surface area contributed by atoms with Crippen LogP contribution in [0, 0.1) is 0 Å². The third-order valence-corrected chi connectivity index (χ3v) is 6.54. The van der Waals surface area contributed by atoms with Crippen LogP contribution in [0.25, 0.3) is 0 Å². The van der Waals surface area contributed by atoms with Crippen molar-refractivity contribution < 1.29 is 37.6 Å². The fraction of sp³-hybridized carbons (Fsp3) is 1.00. The summed E-state index contributed by atoms with van der Waals surface area (Å²) in [5.74, 6) is 0.305. The maximum atomic E-state index is 10.7. The van der Waals surface area contributed by atoms with Crippen LogP contribution in [0.5, 0.6) is 0 Å².